The molecule has 1 aromatic rings. The van der Waals surface area contributed by atoms with Crippen LogP contribution in [0, 0.1) is 11.8 Å². The summed E-state index contributed by atoms with van der Waals surface area (Å²) in [4.78, 5) is 17.3. The van der Waals surface area contributed by atoms with Crippen molar-refractivity contribution in [2.75, 3.05) is 40.3 Å². The van der Waals surface area contributed by atoms with Gasteiger partial charge in [0.05, 0.1) is 0 Å². The third kappa shape index (κ3) is 8.51. The molecule has 0 bridgehead atoms. The van der Waals surface area contributed by atoms with Gasteiger partial charge in [-0.25, -0.2) is 0 Å². The van der Waals surface area contributed by atoms with Crippen molar-refractivity contribution in [1.29, 1.82) is 0 Å². The van der Waals surface area contributed by atoms with Gasteiger partial charge >= 0.3 is 0 Å². The summed E-state index contributed by atoms with van der Waals surface area (Å²) < 4.78 is 0. The first-order chi connectivity index (χ1) is 10.1. The average molecular weight is 307 g/mol. The van der Waals surface area contributed by atoms with Crippen LogP contribution >= 0.6 is 11.3 Å². The monoisotopic (exact) mass is 307 g/mol. The molecule has 1 rings (SSSR count). The maximum atomic E-state index is 11.3. The number of carbonyl (C=O) groups excluding carboxylic acids is 1. The number of nitrogens with one attached hydrogen (secondary N) is 1. The lowest BCUT2D eigenvalue weighted by molar-refractivity contribution is -0.115. The molecule has 0 spiro atoms. The van der Waals surface area contributed by atoms with Gasteiger partial charge in [0.15, 0.2) is 0 Å². The molecule has 0 aromatic carbocycles. The third-order valence-corrected chi connectivity index (χ3v) is 3.86. The molecule has 116 valence electrons. The van der Waals surface area contributed by atoms with Crippen LogP contribution in [0.2, 0.25) is 0 Å². The van der Waals surface area contributed by atoms with Crippen LogP contribution in [0.25, 0.3) is 0 Å². The topological polar surface area (TPSA) is 35.6 Å². The van der Waals surface area contributed by atoms with Crippen LogP contribution in [0.5, 0.6) is 0 Å². The van der Waals surface area contributed by atoms with E-state index in [0.717, 1.165) is 32.6 Å². The summed E-state index contributed by atoms with van der Waals surface area (Å²) in [6, 6.07) is 4.26. The molecule has 0 saturated carbocycles. The van der Waals surface area contributed by atoms with E-state index in [4.69, 9.17) is 0 Å². The Balaban J connectivity index is 2.33. The van der Waals surface area contributed by atoms with Crippen LogP contribution in [0.15, 0.2) is 17.5 Å². The van der Waals surface area contributed by atoms with Gasteiger partial charge in [0.25, 0.3) is 5.91 Å². The summed E-state index contributed by atoms with van der Waals surface area (Å²) in [6.07, 6.45) is 0.940. The van der Waals surface area contributed by atoms with Crippen molar-refractivity contribution in [2.24, 2.45) is 0 Å². The largest absolute Gasteiger partial charge is 0.345 e. The third-order valence-electron chi connectivity index (χ3n) is 3.00. The minimum atomic E-state index is -0.185. The molecule has 0 fully saturated rings. The second kappa shape index (κ2) is 10.4. The number of thiophene rings is 1. The summed E-state index contributed by atoms with van der Waals surface area (Å²) in [6.45, 7) is 6.38. The van der Waals surface area contributed by atoms with E-state index in [0.29, 0.717) is 6.54 Å². The molecule has 0 aliphatic rings. The van der Waals surface area contributed by atoms with Gasteiger partial charge in [0.1, 0.15) is 0 Å². The number of likely N-dealkylation sites (N-methyl/N-ethyl adjacent to an activating group) is 1. The van der Waals surface area contributed by atoms with E-state index in [1.54, 1.807) is 18.3 Å². The lowest BCUT2D eigenvalue weighted by Crippen LogP contribution is -2.33. The van der Waals surface area contributed by atoms with Crippen molar-refractivity contribution in [1.82, 2.24) is 15.1 Å². The molecule has 0 unspecified atom stereocenters. The number of nitrogens with zero attached hydrogens (tertiary/aromatic N) is 2. The standard InChI is InChI=1S/C16H25N3OS/c1-4-7-16(20)17-9-6-10-19(12-11-18(2)3)14-15-8-5-13-21-15/h5,8,13H,6,9-12,14H2,1-3H3,(H,17,20). The molecule has 1 amide bonds. The van der Waals surface area contributed by atoms with Crippen molar-refractivity contribution < 1.29 is 4.79 Å². The predicted molar refractivity (Wildman–Crippen MR) is 89.2 cm³/mol. The Kier molecular flexibility index (Phi) is 8.76. The Labute approximate surface area is 132 Å². The summed E-state index contributed by atoms with van der Waals surface area (Å²) in [5.74, 6) is 4.91. The Bertz CT molecular complexity index is 460. The van der Waals surface area contributed by atoms with Crippen LogP contribution < -0.4 is 5.32 Å². The van der Waals surface area contributed by atoms with Gasteiger partial charge in [0.2, 0.25) is 0 Å². The Hall–Kier alpha value is -1.35. The van der Waals surface area contributed by atoms with E-state index >= 15 is 0 Å². The van der Waals surface area contributed by atoms with Crippen molar-refractivity contribution in [3.05, 3.63) is 22.4 Å². The Morgan fingerprint density at radius 3 is 2.76 bits per heavy atom. The minimum absolute atomic E-state index is 0.185. The normalized spacial score (nSPS) is 10.5. The molecule has 1 N–H and O–H groups in total. The molecule has 4 nitrogen and oxygen atoms in total. The summed E-state index contributed by atoms with van der Waals surface area (Å²) in [7, 11) is 4.18. The smallest absolute Gasteiger partial charge is 0.295 e. The molecule has 0 aliphatic carbocycles. The maximum Gasteiger partial charge on any atom is 0.295 e. The van der Waals surface area contributed by atoms with Crippen molar-refractivity contribution in [3.63, 3.8) is 0 Å². The highest BCUT2D eigenvalue weighted by Crippen LogP contribution is 2.11. The zero-order valence-electron chi connectivity index (χ0n) is 13.2. The first-order valence-corrected chi connectivity index (χ1v) is 8.10. The first kappa shape index (κ1) is 17.7. The van der Waals surface area contributed by atoms with Gasteiger partial charge in [-0.2, -0.15) is 0 Å². The number of hydrogen-bond acceptors (Lipinski definition) is 4. The molecule has 0 atom stereocenters. The summed E-state index contributed by atoms with van der Waals surface area (Å²) in [5.41, 5.74) is 0. The van der Waals surface area contributed by atoms with Gasteiger partial charge < -0.3 is 10.2 Å². The lowest BCUT2D eigenvalue weighted by Gasteiger charge is -2.23. The lowest BCUT2D eigenvalue weighted by atomic mass is 10.3. The van der Waals surface area contributed by atoms with Crippen LogP contribution in [-0.2, 0) is 11.3 Å². The maximum absolute atomic E-state index is 11.3. The van der Waals surface area contributed by atoms with E-state index in [9.17, 15) is 4.79 Å². The number of hydrogen-bond donors (Lipinski definition) is 1. The molecule has 1 aromatic heterocycles. The van der Waals surface area contributed by atoms with Gasteiger partial charge in [-0.15, -0.1) is 11.3 Å². The highest BCUT2D eigenvalue weighted by molar-refractivity contribution is 7.09. The SMILES string of the molecule is CC#CC(=O)NCCCN(CCN(C)C)Cc1cccs1. The highest BCUT2D eigenvalue weighted by atomic mass is 32.1. The van der Waals surface area contributed by atoms with E-state index in [-0.39, 0.29) is 5.91 Å². The Morgan fingerprint density at radius 2 is 2.14 bits per heavy atom. The van der Waals surface area contributed by atoms with E-state index in [1.165, 1.54) is 4.88 Å². The van der Waals surface area contributed by atoms with Crippen molar-refractivity contribution >= 4 is 17.2 Å². The minimum Gasteiger partial charge on any atom is -0.345 e. The predicted octanol–water partition coefficient (Wildman–Crippen LogP) is 1.64. The van der Waals surface area contributed by atoms with Crippen LogP contribution in [0.4, 0.5) is 0 Å². The fourth-order valence-electron chi connectivity index (χ4n) is 1.90. The number of rotatable bonds is 9. The number of carbonyl (C=O) groups is 1. The zero-order valence-corrected chi connectivity index (χ0v) is 14.0. The van der Waals surface area contributed by atoms with Crippen LogP contribution in [0.1, 0.15) is 18.2 Å². The molecular weight excluding hydrogens is 282 g/mol. The average Bonchev–Trinajstić information content (AvgIpc) is 2.93. The van der Waals surface area contributed by atoms with Crippen molar-refractivity contribution in [3.8, 4) is 11.8 Å². The fraction of sp³-hybridized carbons (Fsp3) is 0.562. The van der Waals surface area contributed by atoms with E-state index in [1.807, 2.05) is 0 Å². The molecule has 21 heavy (non-hydrogen) atoms. The molecular formula is C16H25N3OS. The van der Waals surface area contributed by atoms with E-state index in [2.05, 4.69) is 58.6 Å². The van der Waals surface area contributed by atoms with Crippen molar-refractivity contribution in [2.45, 2.75) is 19.9 Å². The molecule has 0 aliphatic heterocycles. The van der Waals surface area contributed by atoms with Gasteiger partial charge in [-0.05, 0) is 44.8 Å². The second-order valence-corrected chi connectivity index (χ2v) is 6.18. The molecule has 1 heterocycles. The Morgan fingerprint density at radius 1 is 1.33 bits per heavy atom. The number of amides is 1. The zero-order chi connectivity index (χ0) is 15.5. The summed E-state index contributed by atoms with van der Waals surface area (Å²) >= 11 is 1.79. The second-order valence-electron chi connectivity index (χ2n) is 5.14. The van der Waals surface area contributed by atoms with Gasteiger partial charge in [-0.3, -0.25) is 9.69 Å². The van der Waals surface area contributed by atoms with Gasteiger partial charge in [-0.1, -0.05) is 12.0 Å². The summed E-state index contributed by atoms with van der Waals surface area (Å²) in [5, 5.41) is 4.93. The van der Waals surface area contributed by atoms with Crippen LogP contribution in [-0.4, -0.2) is 56.0 Å². The van der Waals surface area contributed by atoms with E-state index < -0.39 is 0 Å². The fourth-order valence-corrected chi connectivity index (χ4v) is 2.64. The highest BCUT2D eigenvalue weighted by Gasteiger charge is 2.07. The van der Waals surface area contributed by atoms with Gasteiger partial charge in [0, 0.05) is 37.6 Å². The van der Waals surface area contributed by atoms with Crippen LogP contribution in [0.3, 0.4) is 0 Å². The molecule has 0 saturated heterocycles. The quantitative estimate of drug-likeness (QED) is 0.556. The first-order valence-electron chi connectivity index (χ1n) is 7.22. The molecule has 5 heteroatoms. The molecule has 0 radical (unpaired) electrons.